The fraction of sp³-hybridized carbons (Fsp3) is 0.333. The highest BCUT2D eigenvalue weighted by molar-refractivity contribution is 8.00. The molecule has 0 N–H and O–H groups in total. The highest BCUT2D eigenvalue weighted by Gasteiger charge is 2.52. The van der Waals surface area contributed by atoms with Crippen molar-refractivity contribution in [3.05, 3.63) is 83.4 Å². The number of esters is 3. The van der Waals surface area contributed by atoms with Crippen LogP contribution in [0.1, 0.15) is 38.8 Å². The second-order valence-corrected chi connectivity index (χ2v) is 9.63. The van der Waals surface area contributed by atoms with Gasteiger partial charge >= 0.3 is 24.1 Å². The Hall–Kier alpha value is -3.79. The Morgan fingerprint density at radius 2 is 1.38 bits per heavy atom. The number of rotatable bonds is 9. The number of thioether (sulfide) groups is 1. The normalized spacial score (nSPS) is 20.4. The highest BCUT2D eigenvalue weighted by atomic mass is 32.2. The number of ether oxygens (including phenoxy) is 5. The lowest BCUT2D eigenvalue weighted by atomic mass is 10.1. The van der Waals surface area contributed by atoms with Gasteiger partial charge in [0.15, 0.2) is 17.6 Å². The molecule has 1 heterocycles. The summed E-state index contributed by atoms with van der Waals surface area (Å²) in [4.78, 5) is 49.5. The zero-order valence-corrected chi connectivity index (χ0v) is 21.5. The molecule has 9 nitrogen and oxygen atoms in total. The molecule has 0 bridgehead atoms. The molecular weight excluding hydrogens is 500 g/mol. The Bertz CT molecular complexity index is 1130. The maximum atomic E-state index is 12.9. The minimum absolute atomic E-state index is 0.109. The molecule has 2 aromatic carbocycles. The third-order valence-electron chi connectivity index (χ3n) is 5.30. The first-order chi connectivity index (χ1) is 17.7. The van der Waals surface area contributed by atoms with Crippen molar-refractivity contribution in [3.8, 4) is 0 Å². The van der Waals surface area contributed by atoms with E-state index in [1.54, 1.807) is 48.5 Å². The van der Waals surface area contributed by atoms with E-state index in [1.807, 2.05) is 13.8 Å². The van der Waals surface area contributed by atoms with Crippen LogP contribution in [0.25, 0.3) is 0 Å². The van der Waals surface area contributed by atoms with Crippen molar-refractivity contribution in [2.75, 3.05) is 13.2 Å². The van der Waals surface area contributed by atoms with Crippen LogP contribution in [0.4, 0.5) is 4.79 Å². The van der Waals surface area contributed by atoms with Gasteiger partial charge in [0.2, 0.25) is 0 Å². The maximum Gasteiger partial charge on any atom is 0.509 e. The molecular formula is C27H28O9S. The third kappa shape index (κ3) is 7.85. The van der Waals surface area contributed by atoms with Crippen LogP contribution in [-0.4, -0.2) is 60.2 Å². The van der Waals surface area contributed by atoms with Gasteiger partial charge in [-0.3, -0.25) is 4.79 Å². The van der Waals surface area contributed by atoms with Crippen LogP contribution in [-0.2, 0) is 28.5 Å². The van der Waals surface area contributed by atoms with Crippen molar-refractivity contribution in [2.24, 2.45) is 0 Å². The molecule has 1 unspecified atom stereocenters. The van der Waals surface area contributed by atoms with Crippen LogP contribution in [0.5, 0.6) is 0 Å². The summed E-state index contributed by atoms with van der Waals surface area (Å²) in [5.41, 5.74) is 1.52. The van der Waals surface area contributed by atoms with Crippen molar-refractivity contribution in [1.29, 1.82) is 0 Å². The molecule has 0 radical (unpaired) electrons. The first-order valence-corrected chi connectivity index (χ1v) is 12.4. The van der Waals surface area contributed by atoms with Crippen molar-refractivity contribution in [3.63, 3.8) is 0 Å². The van der Waals surface area contributed by atoms with E-state index in [1.165, 1.54) is 13.0 Å². The standard InChI is InChI=1S/C27H28O9S/c1-5-14-32-27(31)36-23-22(35-25(30)20-12-8-17(3)9-13-20)21(37-26(23)34-18(4)28)15-33-24(29)19-10-6-16(2)7-11-19/h5-13,21-23,26H,1,14-15H2,2-4H3/t21-,22-,23-,26?/m1/s1. The average Bonchev–Trinajstić information content (AvgIpc) is 3.16. The van der Waals surface area contributed by atoms with E-state index in [-0.39, 0.29) is 18.8 Å². The SMILES string of the molecule is C=CCOC(=O)O[C@H]1C(OC(C)=O)S[C@H](COC(=O)c2ccc(C)cc2)[C@H]1OC(=O)c1ccc(C)cc1. The molecule has 0 aromatic heterocycles. The van der Waals surface area contributed by atoms with Gasteiger partial charge in [0.05, 0.1) is 16.4 Å². The summed E-state index contributed by atoms with van der Waals surface area (Å²) < 4.78 is 26.9. The van der Waals surface area contributed by atoms with Crippen LogP contribution in [0.2, 0.25) is 0 Å². The molecule has 0 spiro atoms. The van der Waals surface area contributed by atoms with Gasteiger partial charge in [-0.1, -0.05) is 48.0 Å². The van der Waals surface area contributed by atoms with Crippen molar-refractivity contribution >= 4 is 35.8 Å². The number of carbonyl (C=O) groups excluding carboxylic acids is 4. The summed E-state index contributed by atoms with van der Waals surface area (Å²) in [6.45, 7) is 8.13. The molecule has 1 saturated heterocycles. The molecule has 0 aliphatic carbocycles. The van der Waals surface area contributed by atoms with Crippen molar-refractivity contribution < 1.29 is 42.9 Å². The summed E-state index contributed by atoms with van der Waals surface area (Å²) in [6, 6.07) is 13.5. The molecule has 37 heavy (non-hydrogen) atoms. The fourth-order valence-electron chi connectivity index (χ4n) is 3.44. The minimum Gasteiger partial charge on any atom is -0.461 e. The highest BCUT2D eigenvalue weighted by Crippen LogP contribution is 2.40. The fourth-order valence-corrected chi connectivity index (χ4v) is 4.85. The molecule has 1 fully saturated rings. The number of hydrogen-bond donors (Lipinski definition) is 0. The quantitative estimate of drug-likeness (QED) is 0.264. The Kier molecular flexibility index (Phi) is 9.73. The first-order valence-electron chi connectivity index (χ1n) is 11.5. The lowest BCUT2D eigenvalue weighted by Crippen LogP contribution is -2.42. The van der Waals surface area contributed by atoms with Gasteiger partial charge in [-0.25, -0.2) is 14.4 Å². The minimum atomic E-state index is -1.22. The summed E-state index contributed by atoms with van der Waals surface area (Å²) in [6.07, 6.45) is -2.04. The maximum absolute atomic E-state index is 12.9. The smallest absolute Gasteiger partial charge is 0.461 e. The van der Waals surface area contributed by atoms with Crippen molar-refractivity contribution in [2.45, 2.75) is 43.7 Å². The van der Waals surface area contributed by atoms with E-state index in [0.29, 0.717) is 5.56 Å². The average molecular weight is 529 g/mol. The van der Waals surface area contributed by atoms with Gasteiger partial charge in [0.1, 0.15) is 13.2 Å². The largest absolute Gasteiger partial charge is 0.509 e. The zero-order valence-electron chi connectivity index (χ0n) is 20.7. The first kappa shape index (κ1) is 27.8. The lowest BCUT2D eigenvalue weighted by molar-refractivity contribution is -0.149. The van der Waals surface area contributed by atoms with Gasteiger partial charge in [0.25, 0.3) is 0 Å². The van der Waals surface area contributed by atoms with Crippen LogP contribution in [0, 0.1) is 13.8 Å². The summed E-state index contributed by atoms with van der Waals surface area (Å²) in [7, 11) is 0. The van der Waals surface area contributed by atoms with E-state index in [0.717, 1.165) is 22.9 Å². The molecule has 196 valence electrons. The number of benzene rings is 2. The number of aryl methyl sites for hydroxylation is 2. The Morgan fingerprint density at radius 3 is 1.92 bits per heavy atom. The van der Waals surface area contributed by atoms with Gasteiger partial charge < -0.3 is 23.7 Å². The molecule has 4 atom stereocenters. The van der Waals surface area contributed by atoms with Gasteiger partial charge in [-0.15, -0.1) is 11.8 Å². The van der Waals surface area contributed by atoms with Gasteiger partial charge in [-0.05, 0) is 38.1 Å². The molecule has 0 saturated carbocycles. The monoisotopic (exact) mass is 528 g/mol. The molecule has 3 rings (SSSR count). The zero-order chi connectivity index (χ0) is 26.9. The molecule has 10 heteroatoms. The van der Waals surface area contributed by atoms with Gasteiger partial charge in [-0.2, -0.15) is 0 Å². The molecule has 1 aliphatic rings. The van der Waals surface area contributed by atoms with Crippen LogP contribution < -0.4 is 0 Å². The molecule has 0 amide bonds. The number of hydrogen-bond acceptors (Lipinski definition) is 10. The van der Waals surface area contributed by atoms with E-state index in [4.69, 9.17) is 23.7 Å². The lowest BCUT2D eigenvalue weighted by Gasteiger charge is -2.25. The van der Waals surface area contributed by atoms with E-state index < -0.39 is 47.0 Å². The third-order valence-corrected chi connectivity index (χ3v) is 6.68. The molecule has 2 aromatic rings. The number of carbonyl (C=O) groups is 4. The van der Waals surface area contributed by atoms with Crippen LogP contribution in [0.3, 0.4) is 0 Å². The van der Waals surface area contributed by atoms with Gasteiger partial charge in [0, 0.05) is 6.92 Å². The summed E-state index contributed by atoms with van der Waals surface area (Å²) in [5, 5.41) is -0.717. The predicted octanol–water partition coefficient (Wildman–Crippen LogP) is 4.40. The summed E-state index contributed by atoms with van der Waals surface area (Å²) >= 11 is 1.05. The van der Waals surface area contributed by atoms with Crippen LogP contribution >= 0.6 is 11.8 Å². The Morgan fingerprint density at radius 1 is 0.811 bits per heavy atom. The van der Waals surface area contributed by atoms with E-state index in [2.05, 4.69) is 6.58 Å². The molecule has 1 aliphatic heterocycles. The van der Waals surface area contributed by atoms with Crippen molar-refractivity contribution in [1.82, 2.24) is 0 Å². The summed E-state index contributed by atoms with van der Waals surface area (Å²) in [5.74, 6) is -1.90. The van der Waals surface area contributed by atoms with E-state index in [9.17, 15) is 19.2 Å². The predicted molar refractivity (Wildman–Crippen MR) is 135 cm³/mol. The second kappa shape index (κ2) is 13.0. The van der Waals surface area contributed by atoms with Crippen LogP contribution in [0.15, 0.2) is 61.2 Å². The topological polar surface area (TPSA) is 114 Å². The Labute approximate surface area is 219 Å². The Balaban J connectivity index is 1.83. The second-order valence-electron chi connectivity index (χ2n) is 8.28. The van der Waals surface area contributed by atoms with E-state index >= 15 is 0 Å².